The summed E-state index contributed by atoms with van der Waals surface area (Å²) in [6.07, 6.45) is 3.25. The summed E-state index contributed by atoms with van der Waals surface area (Å²) in [6.45, 7) is 0.380. The first kappa shape index (κ1) is 11.2. The number of fused-ring (bicyclic) bond motifs is 1. The zero-order valence-corrected chi connectivity index (χ0v) is 10.4. The maximum absolute atomic E-state index is 12.5. The van der Waals surface area contributed by atoms with Gasteiger partial charge in [0.25, 0.3) is 0 Å². The minimum atomic E-state index is -3.34. The van der Waals surface area contributed by atoms with Crippen molar-refractivity contribution in [2.45, 2.75) is 10.1 Å². The molecule has 1 unspecified atom stereocenters. The van der Waals surface area contributed by atoms with Crippen LogP contribution in [-0.4, -0.2) is 19.9 Å². The molecule has 0 saturated carbocycles. The highest BCUT2D eigenvalue weighted by Crippen LogP contribution is 2.36. The molecule has 2 aromatic rings. The zero-order chi connectivity index (χ0) is 12.6. The van der Waals surface area contributed by atoms with Crippen molar-refractivity contribution < 1.29 is 8.42 Å². The zero-order valence-electron chi connectivity index (χ0n) is 9.58. The molecule has 2 heterocycles. The summed E-state index contributed by atoms with van der Waals surface area (Å²) in [5.74, 6) is 0. The van der Waals surface area contributed by atoms with E-state index in [1.807, 2.05) is 6.07 Å². The Kier molecular flexibility index (Phi) is 2.56. The molecular formula is C13H12N2O2S. The normalized spacial score (nSPS) is 20.8. The standard InChI is InChI=1S/C13H12N2O2S/c16-18(17)12-6-2-1-5-11(12)15-9-13(18)10-4-3-7-14-8-10/h1-8,13,15H,9H2. The molecule has 1 N–H and O–H groups in total. The Morgan fingerprint density at radius 3 is 2.78 bits per heavy atom. The van der Waals surface area contributed by atoms with Gasteiger partial charge in [0.2, 0.25) is 0 Å². The number of hydrogen-bond acceptors (Lipinski definition) is 4. The lowest BCUT2D eigenvalue weighted by atomic mass is 10.2. The molecule has 0 radical (unpaired) electrons. The summed E-state index contributed by atoms with van der Waals surface area (Å²) in [5, 5.41) is 2.59. The van der Waals surface area contributed by atoms with Crippen molar-refractivity contribution in [3.8, 4) is 0 Å². The quantitative estimate of drug-likeness (QED) is 0.852. The molecule has 0 amide bonds. The predicted molar refractivity (Wildman–Crippen MR) is 69.1 cm³/mol. The molecule has 3 rings (SSSR count). The van der Waals surface area contributed by atoms with Crippen molar-refractivity contribution in [3.63, 3.8) is 0 Å². The highest BCUT2D eigenvalue weighted by Gasteiger charge is 2.34. The molecule has 0 fully saturated rings. The topological polar surface area (TPSA) is 59.1 Å². The first-order chi connectivity index (χ1) is 8.69. The van der Waals surface area contributed by atoms with E-state index in [0.29, 0.717) is 17.1 Å². The van der Waals surface area contributed by atoms with Crippen LogP contribution in [0.2, 0.25) is 0 Å². The van der Waals surface area contributed by atoms with Gasteiger partial charge in [-0.05, 0) is 23.8 Å². The Bertz CT molecular complexity index is 668. The van der Waals surface area contributed by atoms with Crippen LogP contribution in [0.4, 0.5) is 5.69 Å². The number of rotatable bonds is 1. The number of sulfone groups is 1. The Labute approximate surface area is 106 Å². The molecule has 0 spiro atoms. The lowest BCUT2D eigenvalue weighted by Gasteiger charge is -2.26. The Morgan fingerprint density at radius 2 is 2.00 bits per heavy atom. The van der Waals surface area contributed by atoms with Crippen LogP contribution in [-0.2, 0) is 9.84 Å². The summed E-state index contributed by atoms with van der Waals surface area (Å²) in [6, 6.07) is 10.5. The Balaban J connectivity index is 2.13. The van der Waals surface area contributed by atoms with Gasteiger partial charge in [0.15, 0.2) is 9.84 Å². The molecule has 0 bridgehead atoms. The predicted octanol–water partition coefficient (Wildman–Crippen LogP) is 2.02. The second-order valence-electron chi connectivity index (χ2n) is 4.20. The van der Waals surface area contributed by atoms with Crippen LogP contribution in [0.15, 0.2) is 53.7 Å². The number of pyridine rings is 1. The van der Waals surface area contributed by atoms with Crippen LogP contribution in [0.25, 0.3) is 0 Å². The van der Waals surface area contributed by atoms with Crippen molar-refractivity contribution in [1.29, 1.82) is 0 Å². The molecule has 92 valence electrons. The number of anilines is 1. The van der Waals surface area contributed by atoms with Gasteiger partial charge >= 0.3 is 0 Å². The minimum Gasteiger partial charge on any atom is -0.382 e. The van der Waals surface area contributed by atoms with Crippen LogP contribution in [0.3, 0.4) is 0 Å². The fraction of sp³-hybridized carbons (Fsp3) is 0.154. The Morgan fingerprint density at radius 1 is 1.17 bits per heavy atom. The van der Waals surface area contributed by atoms with Crippen LogP contribution >= 0.6 is 0 Å². The van der Waals surface area contributed by atoms with Gasteiger partial charge < -0.3 is 5.32 Å². The molecular weight excluding hydrogens is 248 g/mol. The maximum Gasteiger partial charge on any atom is 0.189 e. The largest absolute Gasteiger partial charge is 0.382 e. The summed E-state index contributed by atoms with van der Waals surface area (Å²) in [4.78, 5) is 4.36. The number of nitrogens with one attached hydrogen (secondary N) is 1. The summed E-state index contributed by atoms with van der Waals surface area (Å²) >= 11 is 0. The first-order valence-corrected chi connectivity index (χ1v) is 7.21. The smallest absolute Gasteiger partial charge is 0.189 e. The van der Waals surface area contributed by atoms with Gasteiger partial charge in [-0.25, -0.2) is 8.42 Å². The lowest BCUT2D eigenvalue weighted by molar-refractivity contribution is 0.581. The Hall–Kier alpha value is -1.88. The minimum absolute atomic E-state index is 0.366. The van der Waals surface area contributed by atoms with Crippen LogP contribution < -0.4 is 5.32 Å². The molecule has 1 aliphatic heterocycles. The van der Waals surface area contributed by atoms with Gasteiger partial charge in [-0.15, -0.1) is 0 Å². The van der Waals surface area contributed by atoms with Crippen molar-refractivity contribution in [3.05, 3.63) is 54.4 Å². The van der Waals surface area contributed by atoms with Gasteiger partial charge in [-0.1, -0.05) is 18.2 Å². The highest BCUT2D eigenvalue weighted by molar-refractivity contribution is 7.92. The second kappa shape index (κ2) is 4.10. The van der Waals surface area contributed by atoms with E-state index in [1.54, 1.807) is 42.7 Å². The van der Waals surface area contributed by atoms with E-state index in [-0.39, 0.29) is 0 Å². The van der Waals surface area contributed by atoms with Gasteiger partial charge in [0.05, 0.1) is 10.6 Å². The van der Waals surface area contributed by atoms with E-state index in [0.717, 1.165) is 5.56 Å². The highest BCUT2D eigenvalue weighted by atomic mass is 32.2. The number of nitrogens with zero attached hydrogens (tertiary/aromatic N) is 1. The van der Waals surface area contributed by atoms with E-state index >= 15 is 0 Å². The third-order valence-electron chi connectivity index (χ3n) is 3.10. The molecule has 4 nitrogen and oxygen atoms in total. The van der Waals surface area contributed by atoms with E-state index < -0.39 is 15.1 Å². The van der Waals surface area contributed by atoms with Gasteiger partial charge in [-0.2, -0.15) is 0 Å². The molecule has 1 aromatic heterocycles. The fourth-order valence-corrected chi connectivity index (χ4v) is 4.01. The van der Waals surface area contributed by atoms with E-state index in [1.165, 1.54) is 0 Å². The summed E-state index contributed by atoms with van der Waals surface area (Å²) in [5.41, 5.74) is 1.40. The monoisotopic (exact) mass is 260 g/mol. The molecule has 0 saturated heterocycles. The third kappa shape index (κ3) is 1.67. The van der Waals surface area contributed by atoms with Crippen molar-refractivity contribution in [2.75, 3.05) is 11.9 Å². The van der Waals surface area contributed by atoms with Crippen molar-refractivity contribution >= 4 is 15.5 Å². The van der Waals surface area contributed by atoms with E-state index in [2.05, 4.69) is 10.3 Å². The molecule has 0 aliphatic carbocycles. The van der Waals surface area contributed by atoms with E-state index in [4.69, 9.17) is 0 Å². The fourth-order valence-electron chi connectivity index (χ4n) is 2.19. The van der Waals surface area contributed by atoms with Crippen LogP contribution in [0.5, 0.6) is 0 Å². The van der Waals surface area contributed by atoms with Crippen LogP contribution in [0, 0.1) is 0 Å². The summed E-state index contributed by atoms with van der Waals surface area (Å²) in [7, 11) is -3.34. The summed E-state index contributed by atoms with van der Waals surface area (Å²) < 4.78 is 25.1. The van der Waals surface area contributed by atoms with Crippen molar-refractivity contribution in [2.24, 2.45) is 0 Å². The molecule has 1 atom stereocenters. The van der Waals surface area contributed by atoms with Gasteiger partial charge in [0.1, 0.15) is 5.25 Å². The average Bonchev–Trinajstić information content (AvgIpc) is 2.40. The molecule has 18 heavy (non-hydrogen) atoms. The first-order valence-electron chi connectivity index (χ1n) is 5.66. The van der Waals surface area contributed by atoms with Gasteiger partial charge in [-0.3, -0.25) is 4.98 Å². The SMILES string of the molecule is O=S1(=O)c2ccccc2NCC1c1cccnc1. The molecule has 1 aliphatic rings. The molecule has 5 heteroatoms. The number of para-hydroxylation sites is 1. The van der Waals surface area contributed by atoms with Crippen LogP contribution in [0.1, 0.15) is 10.8 Å². The van der Waals surface area contributed by atoms with Gasteiger partial charge in [0, 0.05) is 18.9 Å². The third-order valence-corrected chi connectivity index (χ3v) is 5.26. The second-order valence-corrected chi connectivity index (χ2v) is 6.30. The maximum atomic E-state index is 12.5. The number of aromatic nitrogens is 1. The lowest BCUT2D eigenvalue weighted by Crippen LogP contribution is -2.27. The number of benzene rings is 1. The van der Waals surface area contributed by atoms with Crippen molar-refractivity contribution in [1.82, 2.24) is 4.98 Å². The number of hydrogen-bond donors (Lipinski definition) is 1. The average molecular weight is 260 g/mol. The molecule has 1 aromatic carbocycles. The van der Waals surface area contributed by atoms with E-state index in [9.17, 15) is 8.42 Å².